The van der Waals surface area contributed by atoms with E-state index in [0.29, 0.717) is 18.6 Å². The summed E-state index contributed by atoms with van der Waals surface area (Å²) in [6.45, 7) is 9.87. The van der Waals surface area contributed by atoms with Crippen LogP contribution in [0.2, 0.25) is 0 Å². The van der Waals surface area contributed by atoms with Crippen molar-refractivity contribution >= 4 is 5.97 Å². The van der Waals surface area contributed by atoms with E-state index in [1.807, 2.05) is 0 Å². The predicted molar refractivity (Wildman–Crippen MR) is 62.3 cm³/mol. The lowest BCUT2D eigenvalue weighted by Crippen LogP contribution is -2.47. The van der Waals surface area contributed by atoms with Gasteiger partial charge in [-0.15, -0.1) is 0 Å². The number of morpholine rings is 1. The first kappa shape index (κ1) is 13.5. The number of esters is 1. The molecule has 0 aromatic heterocycles. The molecule has 94 valence electrons. The fourth-order valence-electron chi connectivity index (χ4n) is 1.67. The zero-order valence-electron chi connectivity index (χ0n) is 10.8. The summed E-state index contributed by atoms with van der Waals surface area (Å²) in [4.78, 5) is 13.6. The highest BCUT2D eigenvalue weighted by Crippen LogP contribution is 2.19. The van der Waals surface area contributed by atoms with Crippen molar-refractivity contribution in [2.45, 2.75) is 33.3 Å². The van der Waals surface area contributed by atoms with Crippen LogP contribution in [0, 0.1) is 5.41 Å². The Hall–Kier alpha value is -0.610. The van der Waals surface area contributed by atoms with E-state index in [9.17, 15) is 4.79 Å². The van der Waals surface area contributed by atoms with Gasteiger partial charge in [-0.1, -0.05) is 20.8 Å². The fraction of sp³-hybridized carbons (Fsp3) is 0.917. The number of carbonyl (C=O) groups is 1. The summed E-state index contributed by atoms with van der Waals surface area (Å²) in [5.41, 5.74) is 0.332. The van der Waals surface area contributed by atoms with E-state index < -0.39 is 6.10 Å². The topological polar surface area (TPSA) is 38.8 Å². The minimum Gasteiger partial charge on any atom is -0.467 e. The van der Waals surface area contributed by atoms with E-state index in [-0.39, 0.29) is 5.97 Å². The second-order valence-corrected chi connectivity index (χ2v) is 5.49. The monoisotopic (exact) mass is 229 g/mol. The Balaban J connectivity index is 2.36. The molecule has 1 saturated heterocycles. The largest absolute Gasteiger partial charge is 0.467 e. The first-order valence-corrected chi connectivity index (χ1v) is 5.84. The maximum absolute atomic E-state index is 11.3. The molecule has 0 aromatic carbocycles. The van der Waals surface area contributed by atoms with E-state index >= 15 is 0 Å². The van der Waals surface area contributed by atoms with Gasteiger partial charge in [0.05, 0.1) is 13.7 Å². The zero-order chi connectivity index (χ0) is 12.2. The molecule has 0 aromatic rings. The van der Waals surface area contributed by atoms with Crippen LogP contribution in [-0.2, 0) is 14.3 Å². The third-order valence-electron chi connectivity index (χ3n) is 2.79. The molecule has 16 heavy (non-hydrogen) atoms. The van der Waals surface area contributed by atoms with Gasteiger partial charge in [-0.3, -0.25) is 4.90 Å². The number of rotatable bonds is 3. The Morgan fingerprint density at radius 3 is 2.75 bits per heavy atom. The normalized spacial score (nSPS) is 23.1. The number of ether oxygens (including phenoxy) is 2. The Labute approximate surface area is 97.9 Å². The maximum atomic E-state index is 11.3. The summed E-state index contributed by atoms with van der Waals surface area (Å²) >= 11 is 0. The Kier molecular flexibility index (Phi) is 4.74. The second kappa shape index (κ2) is 5.64. The highest BCUT2D eigenvalue weighted by molar-refractivity contribution is 5.74. The number of nitrogens with zero attached hydrogens (tertiary/aromatic N) is 1. The number of methoxy groups -OCH3 is 1. The maximum Gasteiger partial charge on any atom is 0.336 e. The van der Waals surface area contributed by atoms with Gasteiger partial charge in [0.2, 0.25) is 0 Å². The lowest BCUT2D eigenvalue weighted by atomic mass is 9.92. The first-order chi connectivity index (χ1) is 7.42. The van der Waals surface area contributed by atoms with Crippen molar-refractivity contribution in [3.63, 3.8) is 0 Å². The van der Waals surface area contributed by atoms with Gasteiger partial charge in [0.25, 0.3) is 0 Å². The van der Waals surface area contributed by atoms with E-state index in [1.165, 1.54) is 7.11 Å². The van der Waals surface area contributed by atoms with Gasteiger partial charge < -0.3 is 9.47 Å². The summed E-state index contributed by atoms with van der Waals surface area (Å²) in [5, 5.41) is 0. The first-order valence-electron chi connectivity index (χ1n) is 5.84. The minimum atomic E-state index is -0.404. The van der Waals surface area contributed by atoms with Gasteiger partial charge in [0, 0.05) is 13.1 Å². The number of hydrogen-bond donors (Lipinski definition) is 0. The molecule has 4 nitrogen and oxygen atoms in total. The molecule has 1 rings (SSSR count). The molecule has 0 aliphatic carbocycles. The van der Waals surface area contributed by atoms with Crippen LogP contribution in [0.5, 0.6) is 0 Å². The van der Waals surface area contributed by atoms with Crippen LogP contribution in [0.4, 0.5) is 0 Å². The molecule has 0 N–H and O–H groups in total. The third kappa shape index (κ3) is 4.49. The fourth-order valence-corrected chi connectivity index (χ4v) is 1.67. The van der Waals surface area contributed by atoms with Gasteiger partial charge >= 0.3 is 5.97 Å². The summed E-state index contributed by atoms with van der Waals surface area (Å²) in [6, 6.07) is 0. The van der Waals surface area contributed by atoms with Crippen molar-refractivity contribution in [1.82, 2.24) is 4.90 Å². The Morgan fingerprint density at radius 2 is 2.19 bits per heavy atom. The zero-order valence-corrected chi connectivity index (χ0v) is 10.8. The van der Waals surface area contributed by atoms with Crippen molar-refractivity contribution in [2.75, 3.05) is 33.4 Å². The van der Waals surface area contributed by atoms with Gasteiger partial charge in [-0.25, -0.2) is 4.79 Å². The lowest BCUT2D eigenvalue weighted by molar-refractivity contribution is -0.159. The van der Waals surface area contributed by atoms with E-state index in [4.69, 9.17) is 9.47 Å². The van der Waals surface area contributed by atoms with Gasteiger partial charge in [-0.05, 0) is 18.4 Å². The van der Waals surface area contributed by atoms with Gasteiger partial charge in [0.1, 0.15) is 0 Å². The van der Waals surface area contributed by atoms with Crippen molar-refractivity contribution in [3.05, 3.63) is 0 Å². The molecule has 0 bridgehead atoms. The Bertz CT molecular complexity index is 235. The van der Waals surface area contributed by atoms with Crippen LogP contribution in [0.3, 0.4) is 0 Å². The van der Waals surface area contributed by atoms with E-state index in [0.717, 1.165) is 19.5 Å². The molecule has 4 heteroatoms. The average molecular weight is 229 g/mol. The molecular weight excluding hydrogens is 206 g/mol. The molecule has 0 amide bonds. The highest BCUT2D eigenvalue weighted by atomic mass is 16.6. The summed E-state index contributed by atoms with van der Waals surface area (Å²) in [5.74, 6) is -0.263. The third-order valence-corrected chi connectivity index (χ3v) is 2.79. The summed E-state index contributed by atoms with van der Waals surface area (Å²) in [6.07, 6.45) is 0.722. The van der Waals surface area contributed by atoms with Crippen LogP contribution in [0.25, 0.3) is 0 Å². The number of carbonyl (C=O) groups excluding carboxylic acids is 1. The average Bonchev–Trinajstić information content (AvgIpc) is 2.25. The van der Waals surface area contributed by atoms with E-state index in [1.54, 1.807) is 0 Å². The van der Waals surface area contributed by atoms with Gasteiger partial charge in [-0.2, -0.15) is 0 Å². The predicted octanol–water partition coefficient (Wildman–Crippen LogP) is 1.30. The molecule has 1 fully saturated rings. The van der Waals surface area contributed by atoms with Crippen LogP contribution >= 0.6 is 0 Å². The standard InChI is InChI=1S/C12H23NO3/c1-12(2,3)5-6-13-7-8-16-10(9-13)11(14)15-4/h10H,5-9H2,1-4H3. The van der Waals surface area contributed by atoms with Crippen molar-refractivity contribution < 1.29 is 14.3 Å². The lowest BCUT2D eigenvalue weighted by Gasteiger charge is -2.33. The second-order valence-electron chi connectivity index (χ2n) is 5.49. The van der Waals surface area contributed by atoms with Crippen LogP contribution in [0.15, 0.2) is 0 Å². The smallest absolute Gasteiger partial charge is 0.336 e. The van der Waals surface area contributed by atoms with E-state index in [2.05, 4.69) is 25.7 Å². The molecule has 1 atom stereocenters. The Morgan fingerprint density at radius 1 is 1.50 bits per heavy atom. The quantitative estimate of drug-likeness (QED) is 0.684. The molecule has 1 heterocycles. The van der Waals surface area contributed by atoms with Crippen molar-refractivity contribution in [2.24, 2.45) is 5.41 Å². The van der Waals surface area contributed by atoms with Crippen molar-refractivity contribution in [3.8, 4) is 0 Å². The van der Waals surface area contributed by atoms with Crippen LogP contribution in [0.1, 0.15) is 27.2 Å². The number of hydrogen-bond acceptors (Lipinski definition) is 4. The molecule has 0 spiro atoms. The van der Waals surface area contributed by atoms with Crippen LogP contribution < -0.4 is 0 Å². The van der Waals surface area contributed by atoms with Gasteiger partial charge in [0.15, 0.2) is 6.10 Å². The molecule has 1 aliphatic rings. The van der Waals surface area contributed by atoms with Crippen LogP contribution in [-0.4, -0.2) is 50.3 Å². The molecule has 1 aliphatic heterocycles. The molecule has 0 radical (unpaired) electrons. The minimum absolute atomic E-state index is 0.263. The summed E-state index contributed by atoms with van der Waals surface area (Å²) < 4.78 is 10.1. The molecule has 1 unspecified atom stereocenters. The summed E-state index contributed by atoms with van der Waals surface area (Å²) in [7, 11) is 1.40. The molecular formula is C12H23NO3. The van der Waals surface area contributed by atoms with Crippen molar-refractivity contribution in [1.29, 1.82) is 0 Å². The SMILES string of the molecule is COC(=O)C1CN(CCC(C)(C)C)CCO1. The highest BCUT2D eigenvalue weighted by Gasteiger charge is 2.27. The molecule has 0 saturated carbocycles.